The smallest absolute Gasteiger partial charge is 0.219 e. The van der Waals surface area contributed by atoms with Crippen LogP contribution in [0, 0.1) is 0 Å². The van der Waals surface area contributed by atoms with Gasteiger partial charge in [-0.1, -0.05) is 0 Å². The fraction of sp³-hybridized carbons (Fsp3) is 0.800. The van der Waals surface area contributed by atoms with Crippen molar-refractivity contribution in [2.45, 2.75) is 27.7 Å². The van der Waals surface area contributed by atoms with Gasteiger partial charge in [0.1, 0.15) is 0 Å². The minimum absolute atomic E-state index is 0. The molecule has 0 heterocycles. The van der Waals surface area contributed by atoms with Gasteiger partial charge in [-0.15, -0.1) is 0 Å². The third-order valence-corrected chi connectivity index (χ3v) is 1.89. The van der Waals surface area contributed by atoms with Gasteiger partial charge in [0.25, 0.3) is 0 Å². The predicted molar refractivity (Wildman–Crippen MR) is 63.0 cm³/mol. The third-order valence-electron chi connectivity index (χ3n) is 1.89. The van der Waals surface area contributed by atoms with E-state index in [1.54, 1.807) is 23.8 Å². The molecule has 0 unspecified atom stereocenters. The molecule has 0 aromatic rings. The van der Waals surface area contributed by atoms with Gasteiger partial charge in [-0.3, -0.25) is 9.59 Å². The Hall–Kier alpha value is -1.10. The lowest BCUT2D eigenvalue weighted by Gasteiger charge is -2.14. The standard InChI is InChI=1S/C6H13NO.C4H9NO.H3N/c1-4-7(5-2)6(3)8;1-3-5(2)4-6;/h4-5H2,1-3H3;4H,3H2,1-2H3;1H3. The molecule has 0 aromatic carbocycles. The molecule has 0 aromatic heterocycles. The highest BCUT2D eigenvalue weighted by Crippen LogP contribution is 1.84. The number of carbonyl (C=O) groups excluding carboxylic acids is 2. The summed E-state index contributed by atoms with van der Waals surface area (Å²) in [6, 6.07) is 0. The third kappa shape index (κ3) is 12.9. The van der Waals surface area contributed by atoms with Crippen LogP contribution >= 0.6 is 0 Å². The van der Waals surface area contributed by atoms with Crippen LogP contribution in [0.4, 0.5) is 0 Å². The van der Waals surface area contributed by atoms with E-state index in [1.807, 2.05) is 20.8 Å². The van der Waals surface area contributed by atoms with Crippen molar-refractivity contribution in [1.82, 2.24) is 16.0 Å². The average molecular weight is 219 g/mol. The van der Waals surface area contributed by atoms with Crippen LogP contribution in [-0.4, -0.2) is 48.8 Å². The summed E-state index contributed by atoms with van der Waals surface area (Å²) in [4.78, 5) is 23.5. The lowest BCUT2D eigenvalue weighted by molar-refractivity contribution is -0.128. The van der Waals surface area contributed by atoms with Gasteiger partial charge in [-0.2, -0.15) is 0 Å². The summed E-state index contributed by atoms with van der Waals surface area (Å²) in [6.45, 7) is 9.92. The Morgan fingerprint density at radius 1 is 1.13 bits per heavy atom. The van der Waals surface area contributed by atoms with Crippen LogP contribution in [0.15, 0.2) is 0 Å². The van der Waals surface area contributed by atoms with Gasteiger partial charge in [0.2, 0.25) is 12.3 Å². The summed E-state index contributed by atoms with van der Waals surface area (Å²) < 4.78 is 0. The van der Waals surface area contributed by atoms with E-state index in [-0.39, 0.29) is 12.1 Å². The summed E-state index contributed by atoms with van der Waals surface area (Å²) in [7, 11) is 1.74. The molecule has 5 heteroatoms. The van der Waals surface area contributed by atoms with Crippen molar-refractivity contribution in [2.75, 3.05) is 26.7 Å². The highest BCUT2D eigenvalue weighted by Gasteiger charge is 1.99. The molecule has 0 rings (SSSR count). The SMILES string of the molecule is CCN(C)C=O.CCN(CC)C(C)=O.N. The Labute approximate surface area is 93.0 Å². The first-order chi connectivity index (χ1) is 6.53. The van der Waals surface area contributed by atoms with Crippen LogP contribution < -0.4 is 6.15 Å². The summed E-state index contributed by atoms with van der Waals surface area (Å²) in [6.07, 6.45) is 0.806. The first kappa shape index (κ1) is 19.5. The van der Waals surface area contributed by atoms with Crippen molar-refractivity contribution in [3.05, 3.63) is 0 Å². The second-order valence-electron chi connectivity index (χ2n) is 2.87. The molecule has 0 radical (unpaired) electrons. The van der Waals surface area contributed by atoms with Gasteiger partial charge in [-0.05, 0) is 20.8 Å². The first-order valence-electron chi connectivity index (χ1n) is 4.94. The van der Waals surface area contributed by atoms with E-state index in [0.717, 1.165) is 26.0 Å². The molecule has 0 saturated carbocycles. The van der Waals surface area contributed by atoms with Crippen molar-refractivity contribution in [3.63, 3.8) is 0 Å². The number of nitrogens with zero attached hydrogens (tertiary/aromatic N) is 2. The van der Waals surface area contributed by atoms with Crippen molar-refractivity contribution < 1.29 is 9.59 Å². The minimum Gasteiger partial charge on any atom is -0.349 e. The van der Waals surface area contributed by atoms with Crippen LogP contribution in [-0.2, 0) is 9.59 Å². The summed E-state index contributed by atoms with van der Waals surface area (Å²) in [5, 5.41) is 0. The number of rotatable bonds is 4. The van der Waals surface area contributed by atoms with Crippen molar-refractivity contribution in [1.29, 1.82) is 0 Å². The molecular formula is C10H25N3O2. The molecule has 92 valence electrons. The van der Waals surface area contributed by atoms with Gasteiger partial charge >= 0.3 is 0 Å². The van der Waals surface area contributed by atoms with Crippen LogP contribution in [0.1, 0.15) is 27.7 Å². The lowest BCUT2D eigenvalue weighted by Crippen LogP contribution is -2.27. The van der Waals surface area contributed by atoms with E-state index in [2.05, 4.69) is 0 Å². The van der Waals surface area contributed by atoms with Crippen molar-refractivity contribution in [2.24, 2.45) is 0 Å². The highest BCUT2D eigenvalue weighted by molar-refractivity contribution is 5.73. The monoisotopic (exact) mass is 219 g/mol. The molecule has 0 aliphatic heterocycles. The zero-order valence-corrected chi connectivity index (χ0v) is 10.6. The molecule has 15 heavy (non-hydrogen) atoms. The molecule has 0 aliphatic rings. The van der Waals surface area contributed by atoms with Crippen molar-refractivity contribution in [3.8, 4) is 0 Å². The minimum atomic E-state index is 0. The maximum Gasteiger partial charge on any atom is 0.219 e. The van der Waals surface area contributed by atoms with E-state index >= 15 is 0 Å². The average Bonchev–Trinajstić information content (AvgIpc) is 2.19. The Balaban J connectivity index is -0.000000187. The van der Waals surface area contributed by atoms with Gasteiger partial charge in [0.05, 0.1) is 0 Å². The fourth-order valence-corrected chi connectivity index (χ4v) is 0.743. The first-order valence-corrected chi connectivity index (χ1v) is 4.94. The summed E-state index contributed by atoms with van der Waals surface area (Å²) in [5.41, 5.74) is 0. The van der Waals surface area contributed by atoms with E-state index in [4.69, 9.17) is 0 Å². The predicted octanol–water partition coefficient (Wildman–Crippen LogP) is 1.13. The topological polar surface area (TPSA) is 75.6 Å². The molecule has 0 fully saturated rings. The number of amides is 2. The van der Waals surface area contributed by atoms with E-state index in [0.29, 0.717) is 0 Å². The van der Waals surface area contributed by atoms with E-state index in [1.165, 1.54) is 0 Å². The molecule has 2 amide bonds. The highest BCUT2D eigenvalue weighted by atomic mass is 16.2. The Bertz CT molecular complexity index is 159. The summed E-state index contributed by atoms with van der Waals surface area (Å²) in [5.74, 6) is 0.162. The molecule has 3 N–H and O–H groups in total. The molecule has 0 aliphatic carbocycles. The van der Waals surface area contributed by atoms with Crippen molar-refractivity contribution >= 4 is 12.3 Å². The van der Waals surface area contributed by atoms with Gasteiger partial charge in [-0.25, -0.2) is 0 Å². The Kier molecular flexibility index (Phi) is 16.7. The Morgan fingerprint density at radius 3 is 1.53 bits per heavy atom. The second-order valence-corrected chi connectivity index (χ2v) is 2.87. The van der Waals surface area contributed by atoms with Crippen LogP contribution in [0.25, 0.3) is 0 Å². The molecule has 0 bridgehead atoms. The maximum absolute atomic E-state index is 10.5. The van der Waals surface area contributed by atoms with Crippen LogP contribution in [0.2, 0.25) is 0 Å². The number of carbonyl (C=O) groups is 2. The van der Waals surface area contributed by atoms with Crippen LogP contribution in [0.3, 0.4) is 0 Å². The van der Waals surface area contributed by atoms with Crippen LogP contribution in [0.5, 0.6) is 0 Å². The largest absolute Gasteiger partial charge is 0.349 e. The zero-order valence-electron chi connectivity index (χ0n) is 10.6. The van der Waals surface area contributed by atoms with Gasteiger partial charge in [0.15, 0.2) is 0 Å². The van der Waals surface area contributed by atoms with E-state index < -0.39 is 0 Å². The molecule has 0 spiro atoms. The number of hydrogen-bond donors (Lipinski definition) is 1. The zero-order chi connectivity index (χ0) is 11.6. The quantitative estimate of drug-likeness (QED) is 0.720. The lowest BCUT2D eigenvalue weighted by atomic mass is 10.5. The molecule has 0 saturated heterocycles. The normalized spacial score (nSPS) is 7.80. The molecular weight excluding hydrogens is 194 g/mol. The van der Waals surface area contributed by atoms with Gasteiger partial charge < -0.3 is 16.0 Å². The fourth-order valence-electron chi connectivity index (χ4n) is 0.743. The number of hydrogen-bond acceptors (Lipinski definition) is 3. The molecule has 0 atom stereocenters. The maximum atomic E-state index is 10.5. The molecule has 5 nitrogen and oxygen atoms in total. The van der Waals surface area contributed by atoms with Gasteiger partial charge in [0, 0.05) is 33.6 Å². The van der Waals surface area contributed by atoms with E-state index in [9.17, 15) is 9.59 Å². The summed E-state index contributed by atoms with van der Waals surface area (Å²) >= 11 is 0. The Morgan fingerprint density at radius 2 is 1.53 bits per heavy atom. The second kappa shape index (κ2) is 12.9.